The molecule has 2 aromatic heterocycles. The molecule has 1 unspecified atom stereocenters. The van der Waals surface area contributed by atoms with Gasteiger partial charge in [0.15, 0.2) is 11.3 Å². The van der Waals surface area contributed by atoms with Crippen LogP contribution in [0.4, 0.5) is 5.69 Å². The number of anilines is 1. The Morgan fingerprint density at radius 3 is 2.90 bits per heavy atom. The number of aromatic nitrogens is 3. The summed E-state index contributed by atoms with van der Waals surface area (Å²) in [5.41, 5.74) is 4.95. The topological polar surface area (TPSA) is 63.0 Å². The van der Waals surface area contributed by atoms with E-state index < -0.39 is 0 Å². The minimum atomic E-state index is -0.0541. The maximum Gasteiger partial charge on any atom is 0.274 e. The number of carbonyl (C=O) groups is 1. The van der Waals surface area contributed by atoms with E-state index in [1.807, 2.05) is 11.1 Å². The minimum absolute atomic E-state index is 0.00301. The molecule has 0 spiro atoms. The number of hydrogen-bond acceptors (Lipinski definition) is 5. The molecule has 29 heavy (non-hydrogen) atoms. The third-order valence-electron chi connectivity index (χ3n) is 5.82. The molecular formula is C21H22BrN5O2. The lowest BCUT2D eigenvalue weighted by Crippen LogP contribution is -2.41. The molecule has 0 N–H and O–H groups in total. The average Bonchev–Trinajstić information content (AvgIpc) is 3.17. The van der Waals surface area contributed by atoms with Gasteiger partial charge in [-0.3, -0.25) is 4.79 Å². The summed E-state index contributed by atoms with van der Waals surface area (Å²) in [5.74, 6) is -0.0541. The second kappa shape index (κ2) is 7.42. The fourth-order valence-electron chi connectivity index (χ4n) is 4.33. The lowest BCUT2D eigenvalue weighted by Gasteiger charge is -2.38. The Kier molecular flexibility index (Phi) is 4.75. The molecule has 2 aliphatic heterocycles. The number of fused-ring (bicyclic) bond motifs is 2. The molecule has 1 saturated heterocycles. The summed E-state index contributed by atoms with van der Waals surface area (Å²) in [7, 11) is 0. The highest BCUT2D eigenvalue weighted by atomic mass is 79.9. The Morgan fingerprint density at radius 1 is 1.24 bits per heavy atom. The standard InChI is InChI=1S/C21H22BrN5O2/c1-14-16-3-2-4-19(25-7-9-29-10-8-25)17(16)5-6-26(14)21(28)18-11-20-23-12-15(22)13-27(20)24-18/h2-4,11-14H,5-10H2,1H3. The SMILES string of the molecule is CC1c2cccc(N3CCOCC3)c2CCN1C(=O)c1cc2ncc(Br)cn2n1. The predicted molar refractivity (Wildman–Crippen MR) is 113 cm³/mol. The molecule has 1 fully saturated rings. The smallest absolute Gasteiger partial charge is 0.274 e. The Morgan fingerprint density at radius 2 is 2.07 bits per heavy atom. The van der Waals surface area contributed by atoms with Gasteiger partial charge in [0.2, 0.25) is 0 Å². The number of halogens is 1. The van der Waals surface area contributed by atoms with Crippen LogP contribution >= 0.6 is 15.9 Å². The van der Waals surface area contributed by atoms with Crippen molar-refractivity contribution in [3.05, 3.63) is 58.0 Å². The lowest BCUT2D eigenvalue weighted by molar-refractivity contribution is 0.0671. The molecule has 3 aromatic rings. The first-order valence-electron chi connectivity index (χ1n) is 9.88. The third-order valence-corrected chi connectivity index (χ3v) is 6.23. The van der Waals surface area contributed by atoms with E-state index in [0.29, 0.717) is 17.9 Å². The Labute approximate surface area is 177 Å². The second-order valence-corrected chi connectivity index (χ2v) is 8.39. The van der Waals surface area contributed by atoms with Crippen molar-refractivity contribution in [2.24, 2.45) is 0 Å². The molecule has 4 heterocycles. The van der Waals surface area contributed by atoms with Crippen molar-refractivity contribution in [1.29, 1.82) is 0 Å². The van der Waals surface area contributed by atoms with Crippen LogP contribution in [0.3, 0.4) is 0 Å². The van der Waals surface area contributed by atoms with Crippen LogP contribution < -0.4 is 4.90 Å². The van der Waals surface area contributed by atoms with Gasteiger partial charge in [-0.05, 0) is 46.5 Å². The molecule has 8 heteroatoms. The van der Waals surface area contributed by atoms with E-state index in [-0.39, 0.29) is 11.9 Å². The summed E-state index contributed by atoms with van der Waals surface area (Å²) in [6.45, 7) is 6.14. The molecular weight excluding hydrogens is 434 g/mol. The van der Waals surface area contributed by atoms with E-state index in [1.54, 1.807) is 16.8 Å². The summed E-state index contributed by atoms with van der Waals surface area (Å²) in [5, 5.41) is 4.44. The predicted octanol–water partition coefficient (Wildman–Crippen LogP) is 3.09. The van der Waals surface area contributed by atoms with Gasteiger partial charge < -0.3 is 14.5 Å². The van der Waals surface area contributed by atoms with Crippen molar-refractivity contribution in [3.63, 3.8) is 0 Å². The van der Waals surface area contributed by atoms with Gasteiger partial charge in [0.1, 0.15) is 0 Å². The maximum absolute atomic E-state index is 13.2. The second-order valence-electron chi connectivity index (χ2n) is 7.47. The molecule has 0 bridgehead atoms. The molecule has 2 aliphatic rings. The van der Waals surface area contributed by atoms with Crippen molar-refractivity contribution in [2.45, 2.75) is 19.4 Å². The summed E-state index contributed by atoms with van der Waals surface area (Å²) in [6, 6.07) is 8.18. The van der Waals surface area contributed by atoms with E-state index >= 15 is 0 Å². The molecule has 1 aromatic carbocycles. The molecule has 1 amide bonds. The maximum atomic E-state index is 13.2. The highest BCUT2D eigenvalue weighted by Crippen LogP contribution is 2.36. The van der Waals surface area contributed by atoms with Gasteiger partial charge in [-0.2, -0.15) is 5.10 Å². The lowest BCUT2D eigenvalue weighted by atomic mass is 9.91. The van der Waals surface area contributed by atoms with Crippen molar-refractivity contribution in [2.75, 3.05) is 37.7 Å². The van der Waals surface area contributed by atoms with Crippen LogP contribution in [-0.4, -0.2) is 58.3 Å². The molecule has 0 aliphatic carbocycles. The van der Waals surface area contributed by atoms with E-state index in [4.69, 9.17) is 4.74 Å². The van der Waals surface area contributed by atoms with E-state index in [9.17, 15) is 4.79 Å². The molecule has 1 atom stereocenters. The van der Waals surface area contributed by atoms with Gasteiger partial charge in [-0.15, -0.1) is 0 Å². The number of benzene rings is 1. The van der Waals surface area contributed by atoms with Crippen LogP contribution in [0.25, 0.3) is 5.65 Å². The highest BCUT2D eigenvalue weighted by molar-refractivity contribution is 9.10. The van der Waals surface area contributed by atoms with Crippen LogP contribution in [0.2, 0.25) is 0 Å². The van der Waals surface area contributed by atoms with Gasteiger partial charge in [0, 0.05) is 43.8 Å². The van der Waals surface area contributed by atoms with Crippen LogP contribution in [0.5, 0.6) is 0 Å². The summed E-state index contributed by atoms with van der Waals surface area (Å²) in [6.07, 6.45) is 4.36. The van der Waals surface area contributed by atoms with Crippen molar-refractivity contribution >= 4 is 33.2 Å². The quantitative estimate of drug-likeness (QED) is 0.593. The molecule has 150 valence electrons. The van der Waals surface area contributed by atoms with Gasteiger partial charge in [0.05, 0.1) is 23.7 Å². The summed E-state index contributed by atoms with van der Waals surface area (Å²) < 4.78 is 7.96. The van der Waals surface area contributed by atoms with Crippen LogP contribution in [0.1, 0.15) is 34.6 Å². The zero-order valence-corrected chi connectivity index (χ0v) is 17.8. The van der Waals surface area contributed by atoms with Crippen molar-refractivity contribution < 1.29 is 9.53 Å². The number of ether oxygens (including phenoxy) is 1. The fourth-order valence-corrected chi connectivity index (χ4v) is 4.63. The number of rotatable bonds is 2. The first-order chi connectivity index (χ1) is 14.1. The fraction of sp³-hybridized carbons (Fsp3) is 0.381. The van der Waals surface area contributed by atoms with Crippen LogP contribution in [0.15, 0.2) is 41.1 Å². The van der Waals surface area contributed by atoms with Gasteiger partial charge in [-0.25, -0.2) is 9.50 Å². The normalized spacial score (nSPS) is 19.4. The number of morpholine rings is 1. The highest BCUT2D eigenvalue weighted by Gasteiger charge is 2.31. The van der Waals surface area contributed by atoms with Gasteiger partial charge >= 0.3 is 0 Å². The zero-order chi connectivity index (χ0) is 20.0. The molecule has 7 nitrogen and oxygen atoms in total. The monoisotopic (exact) mass is 455 g/mol. The Balaban J connectivity index is 1.44. The zero-order valence-electron chi connectivity index (χ0n) is 16.2. The molecule has 5 rings (SSSR count). The number of carbonyl (C=O) groups excluding carboxylic acids is 1. The minimum Gasteiger partial charge on any atom is -0.378 e. The van der Waals surface area contributed by atoms with Gasteiger partial charge in [0.25, 0.3) is 5.91 Å². The Bertz CT molecular complexity index is 1080. The first-order valence-corrected chi connectivity index (χ1v) is 10.7. The van der Waals surface area contributed by atoms with Crippen LogP contribution in [0, 0.1) is 0 Å². The summed E-state index contributed by atoms with van der Waals surface area (Å²) >= 11 is 3.39. The number of nitrogens with zero attached hydrogens (tertiary/aromatic N) is 5. The first kappa shape index (κ1) is 18.6. The largest absolute Gasteiger partial charge is 0.378 e. The van der Waals surface area contributed by atoms with Crippen molar-refractivity contribution in [1.82, 2.24) is 19.5 Å². The average molecular weight is 456 g/mol. The number of hydrogen-bond donors (Lipinski definition) is 0. The van der Waals surface area contributed by atoms with Crippen LogP contribution in [-0.2, 0) is 11.2 Å². The molecule has 0 saturated carbocycles. The van der Waals surface area contributed by atoms with E-state index in [0.717, 1.165) is 37.2 Å². The third kappa shape index (κ3) is 3.30. The Hall–Kier alpha value is -2.45. The summed E-state index contributed by atoms with van der Waals surface area (Å²) in [4.78, 5) is 21.9. The van der Waals surface area contributed by atoms with Crippen molar-refractivity contribution in [3.8, 4) is 0 Å². The van der Waals surface area contributed by atoms with E-state index in [1.165, 1.54) is 16.8 Å². The molecule has 0 radical (unpaired) electrons. The number of amides is 1. The van der Waals surface area contributed by atoms with Gasteiger partial charge in [-0.1, -0.05) is 12.1 Å². The van der Waals surface area contributed by atoms with E-state index in [2.05, 4.69) is 56.0 Å².